The first-order valence-corrected chi connectivity index (χ1v) is 8.03. The Kier molecular flexibility index (Phi) is 8.44. The van der Waals surface area contributed by atoms with Crippen molar-refractivity contribution in [3.05, 3.63) is 47.1 Å². The summed E-state index contributed by atoms with van der Waals surface area (Å²) < 4.78 is 5.59. The molecule has 1 fully saturated rings. The summed E-state index contributed by atoms with van der Waals surface area (Å²) >= 11 is 5.92. The SMILES string of the molecule is CC.Cc1nc(Cl)c(C)c(OCC2CC2)n1.c1ccncc1. The monoisotopic (exact) mass is 321 g/mol. The predicted molar refractivity (Wildman–Crippen MR) is 90.3 cm³/mol. The average molecular weight is 322 g/mol. The van der Waals surface area contributed by atoms with E-state index >= 15 is 0 Å². The molecule has 0 amide bonds. The van der Waals surface area contributed by atoms with Gasteiger partial charge in [-0.05, 0) is 44.7 Å². The molecule has 0 N–H and O–H groups in total. The number of ether oxygens (including phenoxy) is 1. The van der Waals surface area contributed by atoms with Crippen LogP contribution in [-0.2, 0) is 0 Å². The van der Waals surface area contributed by atoms with Crippen LogP contribution in [0, 0.1) is 19.8 Å². The molecule has 0 aromatic carbocycles. The number of nitrogens with zero attached hydrogens (tertiary/aromatic N) is 3. The second kappa shape index (κ2) is 10.1. The van der Waals surface area contributed by atoms with E-state index in [4.69, 9.17) is 16.3 Å². The minimum Gasteiger partial charge on any atom is -0.477 e. The van der Waals surface area contributed by atoms with Gasteiger partial charge in [-0.25, -0.2) is 4.98 Å². The Morgan fingerprint density at radius 2 is 1.73 bits per heavy atom. The molecule has 120 valence electrons. The average Bonchev–Trinajstić information content (AvgIpc) is 3.38. The van der Waals surface area contributed by atoms with Gasteiger partial charge in [0.25, 0.3) is 0 Å². The quantitative estimate of drug-likeness (QED) is 0.772. The molecule has 5 heteroatoms. The first-order valence-electron chi connectivity index (χ1n) is 7.65. The minimum atomic E-state index is 0.489. The van der Waals surface area contributed by atoms with Gasteiger partial charge in [0.1, 0.15) is 11.0 Å². The molecule has 2 heterocycles. The second-order valence-corrected chi connectivity index (χ2v) is 5.13. The van der Waals surface area contributed by atoms with Gasteiger partial charge in [0.15, 0.2) is 0 Å². The van der Waals surface area contributed by atoms with Crippen molar-refractivity contribution < 1.29 is 4.74 Å². The lowest BCUT2D eigenvalue weighted by Crippen LogP contribution is -2.04. The van der Waals surface area contributed by atoms with Gasteiger partial charge in [-0.15, -0.1) is 0 Å². The van der Waals surface area contributed by atoms with E-state index in [9.17, 15) is 0 Å². The molecular formula is C17H24ClN3O. The predicted octanol–water partition coefficient (Wildman–Crippen LogP) is 4.64. The van der Waals surface area contributed by atoms with E-state index in [1.54, 1.807) is 12.4 Å². The summed E-state index contributed by atoms with van der Waals surface area (Å²) in [5.41, 5.74) is 0.831. The van der Waals surface area contributed by atoms with E-state index in [2.05, 4.69) is 15.0 Å². The zero-order valence-electron chi connectivity index (χ0n) is 13.7. The summed E-state index contributed by atoms with van der Waals surface area (Å²) in [4.78, 5) is 12.1. The third-order valence-corrected chi connectivity index (χ3v) is 3.24. The maximum Gasteiger partial charge on any atom is 0.221 e. The zero-order chi connectivity index (χ0) is 16.4. The van der Waals surface area contributed by atoms with E-state index in [1.165, 1.54) is 12.8 Å². The van der Waals surface area contributed by atoms with Crippen LogP contribution >= 0.6 is 11.6 Å². The highest BCUT2D eigenvalue weighted by molar-refractivity contribution is 6.30. The molecule has 1 aliphatic rings. The molecule has 1 saturated carbocycles. The Labute approximate surface area is 137 Å². The number of rotatable bonds is 3. The largest absolute Gasteiger partial charge is 0.477 e. The van der Waals surface area contributed by atoms with Crippen LogP contribution in [0.4, 0.5) is 0 Å². The van der Waals surface area contributed by atoms with Gasteiger partial charge in [0.2, 0.25) is 5.88 Å². The molecule has 1 aliphatic carbocycles. The number of hydrogen-bond acceptors (Lipinski definition) is 4. The second-order valence-electron chi connectivity index (χ2n) is 4.77. The Morgan fingerprint density at radius 3 is 2.18 bits per heavy atom. The fourth-order valence-electron chi connectivity index (χ4n) is 1.50. The molecular weight excluding hydrogens is 298 g/mol. The van der Waals surface area contributed by atoms with Gasteiger partial charge in [-0.1, -0.05) is 31.5 Å². The highest BCUT2D eigenvalue weighted by Gasteiger charge is 2.22. The molecule has 0 spiro atoms. The Hall–Kier alpha value is -1.68. The van der Waals surface area contributed by atoms with E-state index in [0.29, 0.717) is 16.9 Å². The van der Waals surface area contributed by atoms with Crippen LogP contribution in [0.3, 0.4) is 0 Å². The van der Waals surface area contributed by atoms with E-state index in [-0.39, 0.29) is 0 Å². The standard InChI is InChI=1S/C10H13ClN2O.C5H5N.C2H6/c1-6-9(11)12-7(2)13-10(6)14-5-8-3-4-8;1-2-4-6-5-3-1;1-2/h8H,3-5H2,1-2H3;1-5H;1-2H3. The number of aromatic nitrogens is 3. The fourth-order valence-corrected chi connectivity index (χ4v) is 1.71. The molecule has 22 heavy (non-hydrogen) atoms. The van der Waals surface area contributed by atoms with Crippen molar-refractivity contribution in [2.45, 2.75) is 40.5 Å². The molecule has 0 radical (unpaired) electrons. The van der Waals surface area contributed by atoms with Crippen LogP contribution in [0.1, 0.15) is 38.1 Å². The molecule has 0 unspecified atom stereocenters. The summed E-state index contributed by atoms with van der Waals surface area (Å²) in [5, 5.41) is 0.489. The van der Waals surface area contributed by atoms with Crippen molar-refractivity contribution in [2.75, 3.05) is 6.61 Å². The van der Waals surface area contributed by atoms with Crippen LogP contribution < -0.4 is 4.74 Å². The van der Waals surface area contributed by atoms with Crippen molar-refractivity contribution in [3.63, 3.8) is 0 Å². The minimum absolute atomic E-state index is 0.489. The van der Waals surface area contributed by atoms with Gasteiger partial charge in [-0.3, -0.25) is 4.98 Å². The molecule has 0 bridgehead atoms. The van der Waals surface area contributed by atoms with Gasteiger partial charge < -0.3 is 4.74 Å². The smallest absolute Gasteiger partial charge is 0.221 e. The molecule has 0 aliphatic heterocycles. The molecule has 0 atom stereocenters. The number of pyridine rings is 1. The number of hydrogen-bond donors (Lipinski definition) is 0. The molecule has 3 rings (SSSR count). The third kappa shape index (κ3) is 6.85. The number of halogens is 1. The van der Waals surface area contributed by atoms with E-state index in [1.807, 2.05) is 45.9 Å². The number of aryl methyl sites for hydroxylation is 1. The van der Waals surface area contributed by atoms with Crippen molar-refractivity contribution >= 4 is 11.6 Å². The molecule has 0 saturated heterocycles. The zero-order valence-corrected chi connectivity index (χ0v) is 14.5. The highest BCUT2D eigenvalue weighted by Crippen LogP contribution is 2.30. The van der Waals surface area contributed by atoms with E-state index in [0.717, 1.165) is 18.1 Å². The lowest BCUT2D eigenvalue weighted by Gasteiger charge is -2.08. The Balaban J connectivity index is 0.000000253. The normalized spacial score (nSPS) is 12.4. The topological polar surface area (TPSA) is 47.9 Å². The maximum absolute atomic E-state index is 5.92. The summed E-state index contributed by atoms with van der Waals surface area (Å²) in [6.07, 6.45) is 6.05. The van der Waals surface area contributed by atoms with Gasteiger partial charge in [0.05, 0.1) is 6.61 Å². The van der Waals surface area contributed by atoms with Crippen LogP contribution in [0.5, 0.6) is 5.88 Å². The van der Waals surface area contributed by atoms with Crippen molar-refractivity contribution in [1.82, 2.24) is 15.0 Å². The van der Waals surface area contributed by atoms with Crippen LogP contribution in [0.2, 0.25) is 5.15 Å². The van der Waals surface area contributed by atoms with Crippen LogP contribution in [-0.4, -0.2) is 21.6 Å². The Bertz CT molecular complexity index is 518. The molecule has 2 aromatic heterocycles. The maximum atomic E-state index is 5.92. The van der Waals surface area contributed by atoms with E-state index < -0.39 is 0 Å². The fraction of sp³-hybridized carbons (Fsp3) is 0.471. The lowest BCUT2D eigenvalue weighted by molar-refractivity contribution is 0.285. The van der Waals surface area contributed by atoms with Crippen LogP contribution in [0.25, 0.3) is 0 Å². The summed E-state index contributed by atoms with van der Waals surface area (Å²) in [7, 11) is 0. The van der Waals surface area contributed by atoms with Gasteiger partial charge in [0, 0.05) is 18.0 Å². The van der Waals surface area contributed by atoms with Crippen molar-refractivity contribution in [3.8, 4) is 5.88 Å². The first kappa shape index (κ1) is 18.4. The first-order chi connectivity index (χ1) is 10.7. The Morgan fingerprint density at radius 1 is 1.09 bits per heavy atom. The highest BCUT2D eigenvalue weighted by atomic mass is 35.5. The van der Waals surface area contributed by atoms with Crippen molar-refractivity contribution in [1.29, 1.82) is 0 Å². The summed E-state index contributed by atoms with van der Waals surface area (Å²) in [6, 6.07) is 5.72. The van der Waals surface area contributed by atoms with Gasteiger partial charge in [-0.2, -0.15) is 4.98 Å². The molecule has 4 nitrogen and oxygen atoms in total. The van der Waals surface area contributed by atoms with Crippen LogP contribution in [0.15, 0.2) is 30.6 Å². The molecule has 2 aromatic rings. The van der Waals surface area contributed by atoms with Gasteiger partial charge >= 0.3 is 0 Å². The van der Waals surface area contributed by atoms with Crippen molar-refractivity contribution in [2.24, 2.45) is 5.92 Å². The third-order valence-electron chi connectivity index (χ3n) is 2.87. The summed E-state index contributed by atoms with van der Waals surface area (Å²) in [6.45, 7) is 8.45. The lowest BCUT2D eigenvalue weighted by atomic mass is 10.3. The summed E-state index contributed by atoms with van der Waals surface area (Å²) in [5.74, 6) is 2.02.